The number of imidazole rings is 1. The van der Waals surface area contributed by atoms with Gasteiger partial charge in [0, 0.05) is 18.4 Å². The van der Waals surface area contributed by atoms with Crippen molar-refractivity contribution in [2.75, 3.05) is 0 Å². The van der Waals surface area contributed by atoms with Gasteiger partial charge in [0.05, 0.1) is 8.95 Å². The number of rotatable bonds is 4. The van der Waals surface area contributed by atoms with E-state index in [1.54, 1.807) is 29.2 Å². The lowest BCUT2D eigenvalue weighted by molar-refractivity contribution is 0.0946. The fraction of sp³-hybridized carbons (Fsp3) is 0.111. The van der Waals surface area contributed by atoms with Gasteiger partial charge in [0.15, 0.2) is 0 Å². The average molecular weight is 465 g/mol. The summed E-state index contributed by atoms with van der Waals surface area (Å²) < 4.78 is 2.82. The Labute approximate surface area is 162 Å². The molecule has 0 radical (unpaired) electrons. The van der Waals surface area contributed by atoms with Crippen molar-refractivity contribution in [3.05, 3.63) is 74.7 Å². The summed E-state index contributed by atoms with van der Waals surface area (Å²) in [5.74, 6) is -0.114. The number of amides is 1. The molecule has 3 rings (SSSR count). The van der Waals surface area contributed by atoms with Gasteiger partial charge in [-0.25, -0.2) is 4.98 Å². The highest BCUT2D eigenvalue weighted by atomic mass is 79.9. The van der Waals surface area contributed by atoms with E-state index >= 15 is 0 Å². The number of aryl methyl sites for hydroxylation is 1. The van der Waals surface area contributed by atoms with E-state index in [2.05, 4.69) is 42.2 Å². The second kappa shape index (κ2) is 7.41. The van der Waals surface area contributed by atoms with Crippen molar-refractivity contribution in [2.45, 2.75) is 13.5 Å². The molecule has 5 nitrogen and oxygen atoms in total. The molecule has 0 aliphatic heterocycles. The molecule has 0 saturated heterocycles. The molecule has 2 aromatic carbocycles. The van der Waals surface area contributed by atoms with Crippen LogP contribution in [0.25, 0.3) is 5.69 Å². The first kappa shape index (κ1) is 17.7. The summed E-state index contributed by atoms with van der Waals surface area (Å²) in [6.07, 6.45) is 3.21. The lowest BCUT2D eigenvalue weighted by Gasteiger charge is -2.06. The molecule has 128 valence electrons. The highest BCUT2D eigenvalue weighted by Crippen LogP contribution is 2.34. The summed E-state index contributed by atoms with van der Waals surface area (Å²) in [6, 6.07) is 11.5. The number of aromatic hydroxyl groups is 1. The van der Waals surface area contributed by atoms with Crippen LogP contribution in [0.15, 0.2) is 57.9 Å². The normalized spacial score (nSPS) is 10.7. The SMILES string of the molecule is Cc1cccc(CNC(=O)c2cn(-c3cc(Br)c(O)c(Br)c3)cn2)c1. The molecule has 1 amide bonds. The predicted octanol–water partition coefficient (Wildman–Crippen LogP) is 4.34. The van der Waals surface area contributed by atoms with E-state index in [0.29, 0.717) is 21.2 Å². The van der Waals surface area contributed by atoms with E-state index in [1.807, 2.05) is 31.2 Å². The first-order valence-electron chi connectivity index (χ1n) is 7.50. The molecule has 3 aromatic rings. The quantitative estimate of drug-likeness (QED) is 0.603. The van der Waals surface area contributed by atoms with Crippen molar-refractivity contribution in [2.24, 2.45) is 0 Å². The van der Waals surface area contributed by atoms with Crippen LogP contribution in [-0.2, 0) is 6.54 Å². The zero-order valence-electron chi connectivity index (χ0n) is 13.3. The molecular weight excluding hydrogens is 450 g/mol. The van der Waals surface area contributed by atoms with Crippen LogP contribution in [0.2, 0.25) is 0 Å². The van der Waals surface area contributed by atoms with Crippen LogP contribution in [0, 0.1) is 6.92 Å². The number of benzene rings is 2. The Bertz CT molecular complexity index is 915. The molecule has 0 bridgehead atoms. The standard InChI is InChI=1S/C18H15Br2N3O2/c1-11-3-2-4-12(5-11)8-21-18(25)16-9-23(10-22-16)13-6-14(19)17(24)15(20)7-13/h2-7,9-10,24H,8H2,1H3,(H,21,25). The van der Waals surface area contributed by atoms with Crippen LogP contribution in [0.3, 0.4) is 0 Å². The van der Waals surface area contributed by atoms with Crippen molar-refractivity contribution < 1.29 is 9.90 Å². The molecule has 0 aliphatic rings. The van der Waals surface area contributed by atoms with Crippen LogP contribution in [0.5, 0.6) is 5.75 Å². The summed E-state index contributed by atoms with van der Waals surface area (Å²) in [6.45, 7) is 2.46. The second-order valence-electron chi connectivity index (χ2n) is 5.60. The van der Waals surface area contributed by atoms with Crippen molar-refractivity contribution in [1.29, 1.82) is 0 Å². The fourth-order valence-corrected chi connectivity index (χ4v) is 3.54. The highest BCUT2D eigenvalue weighted by molar-refractivity contribution is 9.11. The molecule has 0 spiro atoms. The minimum Gasteiger partial charge on any atom is -0.506 e. The number of phenolic OH excluding ortho intramolecular Hbond substituents is 1. The van der Waals surface area contributed by atoms with E-state index in [4.69, 9.17) is 0 Å². The molecule has 7 heteroatoms. The van der Waals surface area contributed by atoms with Crippen molar-refractivity contribution in [1.82, 2.24) is 14.9 Å². The lowest BCUT2D eigenvalue weighted by Crippen LogP contribution is -2.23. The zero-order chi connectivity index (χ0) is 18.0. The number of carbonyl (C=O) groups excluding carboxylic acids is 1. The molecule has 0 aliphatic carbocycles. The van der Waals surface area contributed by atoms with Gasteiger partial charge in [0.25, 0.3) is 5.91 Å². The van der Waals surface area contributed by atoms with Gasteiger partial charge in [-0.2, -0.15) is 0 Å². The number of hydrogen-bond acceptors (Lipinski definition) is 3. The van der Waals surface area contributed by atoms with Gasteiger partial charge in [-0.1, -0.05) is 29.8 Å². The van der Waals surface area contributed by atoms with Gasteiger partial charge < -0.3 is 15.0 Å². The molecule has 0 fully saturated rings. The van der Waals surface area contributed by atoms with Crippen molar-refractivity contribution >= 4 is 37.8 Å². The minimum atomic E-state index is -0.239. The van der Waals surface area contributed by atoms with E-state index in [1.165, 1.54) is 0 Å². The Kier molecular flexibility index (Phi) is 5.24. The third-order valence-electron chi connectivity index (χ3n) is 3.65. The van der Waals surface area contributed by atoms with Gasteiger partial charge in [-0.15, -0.1) is 0 Å². The zero-order valence-corrected chi connectivity index (χ0v) is 16.5. The van der Waals surface area contributed by atoms with Gasteiger partial charge in [0.2, 0.25) is 0 Å². The highest BCUT2D eigenvalue weighted by Gasteiger charge is 2.12. The lowest BCUT2D eigenvalue weighted by atomic mass is 10.1. The Morgan fingerprint density at radius 3 is 2.64 bits per heavy atom. The van der Waals surface area contributed by atoms with Gasteiger partial charge in [-0.3, -0.25) is 4.79 Å². The molecule has 1 aromatic heterocycles. The Balaban J connectivity index is 1.73. The summed E-state index contributed by atoms with van der Waals surface area (Å²) >= 11 is 6.59. The van der Waals surface area contributed by atoms with E-state index in [9.17, 15) is 9.90 Å². The number of nitrogens with one attached hydrogen (secondary N) is 1. The van der Waals surface area contributed by atoms with E-state index in [0.717, 1.165) is 16.8 Å². The summed E-state index contributed by atoms with van der Waals surface area (Å²) in [7, 11) is 0. The molecule has 0 saturated carbocycles. The maximum Gasteiger partial charge on any atom is 0.271 e. The van der Waals surface area contributed by atoms with Crippen LogP contribution in [-0.4, -0.2) is 20.6 Å². The number of aromatic nitrogens is 2. The van der Waals surface area contributed by atoms with Gasteiger partial charge >= 0.3 is 0 Å². The van der Waals surface area contributed by atoms with Gasteiger partial charge in [0.1, 0.15) is 17.8 Å². The molecule has 0 unspecified atom stereocenters. The predicted molar refractivity (Wildman–Crippen MR) is 103 cm³/mol. The Morgan fingerprint density at radius 2 is 1.96 bits per heavy atom. The first-order chi connectivity index (χ1) is 11.9. The maximum absolute atomic E-state index is 12.3. The number of phenols is 1. The topological polar surface area (TPSA) is 67.2 Å². The number of hydrogen-bond donors (Lipinski definition) is 2. The second-order valence-corrected chi connectivity index (χ2v) is 7.30. The van der Waals surface area contributed by atoms with Crippen molar-refractivity contribution in [3.8, 4) is 11.4 Å². The molecule has 25 heavy (non-hydrogen) atoms. The van der Waals surface area contributed by atoms with Crippen LogP contribution < -0.4 is 5.32 Å². The summed E-state index contributed by atoms with van der Waals surface area (Å²) in [4.78, 5) is 16.5. The van der Waals surface area contributed by atoms with Gasteiger partial charge in [-0.05, 0) is 56.5 Å². The number of carbonyl (C=O) groups is 1. The van der Waals surface area contributed by atoms with E-state index in [-0.39, 0.29) is 11.7 Å². The third-order valence-corrected chi connectivity index (χ3v) is 4.86. The molecular formula is C18H15Br2N3O2. The Morgan fingerprint density at radius 1 is 1.24 bits per heavy atom. The smallest absolute Gasteiger partial charge is 0.271 e. The summed E-state index contributed by atoms with van der Waals surface area (Å²) in [5, 5.41) is 12.7. The Hall–Kier alpha value is -2.12. The third kappa shape index (κ3) is 4.11. The molecule has 0 atom stereocenters. The molecule has 2 N–H and O–H groups in total. The average Bonchev–Trinajstić information content (AvgIpc) is 3.07. The van der Waals surface area contributed by atoms with E-state index < -0.39 is 0 Å². The molecule has 1 heterocycles. The monoisotopic (exact) mass is 463 g/mol. The number of nitrogens with zero attached hydrogens (tertiary/aromatic N) is 2. The van der Waals surface area contributed by atoms with Crippen molar-refractivity contribution in [3.63, 3.8) is 0 Å². The minimum absolute atomic E-state index is 0.125. The maximum atomic E-state index is 12.3. The van der Waals surface area contributed by atoms with Crippen LogP contribution >= 0.6 is 31.9 Å². The number of halogens is 2. The van der Waals surface area contributed by atoms with Crippen LogP contribution in [0.1, 0.15) is 21.6 Å². The largest absolute Gasteiger partial charge is 0.506 e. The first-order valence-corrected chi connectivity index (χ1v) is 9.09. The fourth-order valence-electron chi connectivity index (χ4n) is 2.38. The summed E-state index contributed by atoms with van der Waals surface area (Å²) in [5.41, 5.74) is 3.29. The van der Waals surface area contributed by atoms with Crippen LogP contribution in [0.4, 0.5) is 0 Å².